The Balaban J connectivity index is 1.78. The molecule has 4 heteroatoms. The molecule has 1 aliphatic heterocycles. The minimum atomic E-state index is -1.16. The summed E-state index contributed by atoms with van der Waals surface area (Å²) in [6.07, 6.45) is 16.6. The Labute approximate surface area is 229 Å². The van der Waals surface area contributed by atoms with Crippen LogP contribution in [0.1, 0.15) is 16.7 Å². The summed E-state index contributed by atoms with van der Waals surface area (Å²) in [5, 5.41) is 0. The average Bonchev–Trinajstić information content (AvgIpc) is 3.24. The van der Waals surface area contributed by atoms with Crippen LogP contribution >= 0.6 is 0 Å². The van der Waals surface area contributed by atoms with Crippen molar-refractivity contribution in [2.24, 2.45) is 0 Å². The summed E-state index contributed by atoms with van der Waals surface area (Å²) < 4.78 is 11.5. The fourth-order valence-corrected chi connectivity index (χ4v) is 5.20. The van der Waals surface area contributed by atoms with Gasteiger partial charge in [0.25, 0.3) is 0 Å². The number of terminal acetylenes is 3. The van der Waals surface area contributed by atoms with Crippen LogP contribution in [0, 0.1) is 37.0 Å². The van der Waals surface area contributed by atoms with Gasteiger partial charge in [0.05, 0.1) is 6.54 Å². The van der Waals surface area contributed by atoms with Crippen LogP contribution in [0.15, 0.2) is 97.1 Å². The predicted molar refractivity (Wildman–Crippen MR) is 154 cm³/mol. The van der Waals surface area contributed by atoms with E-state index in [0.29, 0.717) is 11.5 Å². The molecule has 0 aliphatic carbocycles. The molecule has 4 aromatic carbocycles. The van der Waals surface area contributed by atoms with E-state index in [0.717, 1.165) is 33.5 Å². The van der Waals surface area contributed by atoms with Crippen molar-refractivity contribution in [2.75, 3.05) is 24.7 Å². The lowest BCUT2D eigenvalue weighted by molar-refractivity contribution is -0.120. The van der Waals surface area contributed by atoms with E-state index in [1.165, 1.54) is 0 Å². The Kier molecular flexibility index (Phi) is 7.09. The van der Waals surface area contributed by atoms with E-state index < -0.39 is 5.41 Å². The number of carbonyl (C=O) groups is 1. The van der Waals surface area contributed by atoms with Gasteiger partial charge >= 0.3 is 0 Å². The van der Waals surface area contributed by atoms with Gasteiger partial charge in [-0.05, 0) is 47.0 Å². The van der Waals surface area contributed by atoms with E-state index in [1.807, 2.05) is 97.1 Å². The maximum atomic E-state index is 14.6. The minimum absolute atomic E-state index is 0.126. The molecular weight excluding hydrogens is 482 g/mol. The predicted octanol–water partition coefficient (Wildman–Crippen LogP) is 5.69. The van der Waals surface area contributed by atoms with E-state index >= 15 is 0 Å². The lowest BCUT2D eigenvalue weighted by Gasteiger charge is -2.31. The highest BCUT2D eigenvalue weighted by Crippen LogP contribution is 2.51. The van der Waals surface area contributed by atoms with Crippen LogP contribution in [-0.2, 0) is 10.2 Å². The fraction of sp³-hybridized carbons (Fsp3) is 0.114. The first-order chi connectivity index (χ1) is 19.1. The number of para-hydroxylation sites is 1. The first-order valence-corrected chi connectivity index (χ1v) is 12.4. The number of rotatable bonds is 8. The first-order valence-electron chi connectivity index (χ1n) is 12.4. The molecule has 0 N–H and O–H groups in total. The van der Waals surface area contributed by atoms with Gasteiger partial charge in [-0.3, -0.25) is 9.69 Å². The van der Waals surface area contributed by atoms with Gasteiger partial charge in [0.15, 0.2) is 0 Å². The van der Waals surface area contributed by atoms with Gasteiger partial charge in [-0.15, -0.1) is 19.3 Å². The summed E-state index contributed by atoms with van der Waals surface area (Å²) in [6, 6.07) is 30.9. The number of hydrogen-bond acceptors (Lipinski definition) is 3. The molecule has 1 heterocycles. The van der Waals surface area contributed by atoms with Gasteiger partial charge < -0.3 is 9.47 Å². The molecule has 0 bridgehead atoms. The number of anilines is 1. The second kappa shape index (κ2) is 10.9. The number of benzene rings is 4. The molecule has 39 heavy (non-hydrogen) atoms. The van der Waals surface area contributed by atoms with E-state index in [4.69, 9.17) is 28.7 Å². The standard InChI is InChI=1S/C35H25NO3/c1-4-22-36-32-15-11-10-14-31(32)35(34(36)37,27-16-19-29(20-17-27)38-23-5-2)28-18-21-33(39-24-6-3)30(25-28)26-12-8-7-9-13-26/h1-3,7-21,25H,22-24H2. The van der Waals surface area contributed by atoms with Crippen LogP contribution in [0.2, 0.25) is 0 Å². The van der Waals surface area contributed by atoms with Crippen molar-refractivity contribution < 1.29 is 14.3 Å². The summed E-state index contributed by atoms with van der Waals surface area (Å²) in [6.45, 7) is 0.429. The van der Waals surface area contributed by atoms with Crippen LogP contribution in [0.4, 0.5) is 5.69 Å². The summed E-state index contributed by atoms with van der Waals surface area (Å²) in [4.78, 5) is 16.2. The molecule has 0 saturated carbocycles. The summed E-state index contributed by atoms with van der Waals surface area (Å²) in [7, 11) is 0. The Morgan fingerprint density at radius 2 is 1.38 bits per heavy atom. The number of amides is 1. The van der Waals surface area contributed by atoms with Crippen LogP contribution < -0.4 is 14.4 Å². The average molecular weight is 508 g/mol. The molecule has 188 valence electrons. The molecule has 1 amide bonds. The van der Waals surface area contributed by atoms with E-state index in [-0.39, 0.29) is 25.7 Å². The SMILES string of the molecule is C#CCOc1ccc(C2(c3ccc(OCC#C)c(-c4ccccc4)c3)C(=O)N(CC#C)c3ccccc32)cc1. The highest BCUT2D eigenvalue weighted by atomic mass is 16.5. The van der Waals surface area contributed by atoms with Gasteiger partial charge in [0.1, 0.15) is 30.1 Å². The van der Waals surface area contributed by atoms with E-state index in [1.54, 1.807) is 4.90 Å². The molecule has 1 aliphatic rings. The molecule has 4 nitrogen and oxygen atoms in total. The molecular formula is C35H25NO3. The maximum absolute atomic E-state index is 14.6. The normalized spacial score (nSPS) is 15.5. The monoisotopic (exact) mass is 507 g/mol. The zero-order valence-corrected chi connectivity index (χ0v) is 21.3. The van der Waals surface area contributed by atoms with Crippen LogP contribution in [0.25, 0.3) is 11.1 Å². The number of nitrogens with zero attached hydrogens (tertiary/aromatic N) is 1. The number of fused-ring (bicyclic) bond motifs is 1. The highest BCUT2D eigenvalue weighted by molar-refractivity contribution is 6.13. The quantitative estimate of drug-likeness (QED) is 0.288. The second-order valence-corrected chi connectivity index (χ2v) is 8.95. The van der Waals surface area contributed by atoms with Crippen molar-refractivity contribution in [3.05, 3.63) is 114 Å². The third kappa shape index (κ3) is 4.38. The molecule has 0 aromatic heterocycles. The summed E-state index contributed by atoms with van der Waals surface area (Å²) in [5.74, 6) is 8.78. The maximum Gasteiger partial charge on any atom is 0.247 e. The van der Waals surface area contributed by atoms with Crippen molar-refractivity contribution >= 4 is 11.6 Å². The zero-order valence-electron chi connectivity index (χ0n) is 21.3. The molecule has 1 unspecified atom stereocenters. The summed E-state index contributed by atoms with van der Waals surface area (Å²) >= 11 is 0. The topological polar surface area (TPSA) is 38.8 Å². The van der Waals surface area contributed by atoms with E-state index in [9.17, 15) is 4.79 Å². The largest absolute Gasteiger partial charge is 0.481 e. The molecule has 0 fully saturated rings. The molecule has 4 aromatic rings. The van der Waals surface area contributed by atoms with Gasteiger partial charge in [0.2, 0.25) is 5.91 Å². The van der Waals surface area contributed by atoms with Crippen LogP contribution in [0.5, 0.6) is 11.5 Å². The van der Waals surface area contributed by atoms with Gasteiger partial charge in [-0.1, -0.05) is 84.5 Å². The number of carbonyl (C=O) groups excluding carboxylic acids is 1. The first kappa shape index (κ1) is 25.3. The fourth-order valence-electron chi connectivity index (χ4n) is 5.20. The van der Waals surface area contributed by atoms with Crippen molar-refractivity contribution in [3.63, 3.8) is 0 Å². The Bertz CT molecular complexity index is 1630. The Morgan fingerprint density at radius 1 is 0.718 bits per heavy atom. The van der Waals surface area contributed by atoms with Crippen molar-refractivity contribution in [3.8, 4) is 59.7 Å². The third-order valence-corrected chi connectivity index (χ3v) is 6.83. The van der Waals surface area contributed by atoms with Gasteiger partial charge in [-0.2, -0.15) is 0 Å². The molecule has 0 spiro atoms. The van der Waals surface area contributed by atoms with Gasteiger partial charge in [-0.25, -0.2) is 0 Å². The smallest absolute Gasteiger partial charge is 0.247 e. The molecule has 0 saturated heterocycles. The molecule has 0 radical (unpaired) electrons. The van der Waals surface area contributed by atoms with Gasteiger partial charge in [0, 0.05) is 16.8 Å². The number of ether oxygens (including phenoxy) is 2. The third-order valence-electron chi connectivity index (χ3n) is 6.83. The van der Waals surface area contributed by atoms with Crippen molar-refractivity contribution in [1.82, 2.24) is 0 Å². The lowest BCUT2D eigenvalue weighted by atomic mass is 9.69. The van der Waals surface area contributed by atoms with Crippen LogP contribution in [0.3, 0.4) is 0 Å². The lowest BCUT2D eigenvalue weighted by Crippen LogP contribution is -2.42. The van der Waals surface area contributed by atoms with Crippen molar-refractivity contribution in [1.29, 1.82) is 0 Å². The summed E-state index contributed by atoms with van der Waals surface area (Å²) in [5.41, 5.74) is 3.80. The second-order valence-electron chi connectivity index (χ2n) is 8.95. The number of hydrogen-bond donors (Lipinski definition) is 0. The molecule has 1 atom stereocenters. The minimum Gasteiger partial charge on any atom is -0.481 e. The zero-order chi connectivity index (χ0) is 27.2. The molecule has 5 rings (SSSR count). The highest BCUT2D eigenvalue weighted by Gasteiger charge is 2.53. The van der Waals surface area contributed by atoms with Crippen LogP contribution in [-0.4, -0.2) is 25.7 Å². The van der Waals surface area contributed by atoms with Crippen molar-refractivity contribution in [2.45, 2.75) is 5.41 Å². The Morgan fingerprint density at radius 3 is 2.10 bits per heavy atom. The Hall–Kier alpha value is -5.37. The van der Waals surface area contributed by atoms with E-state index in [2.05, 4.69) is 17.8 Å².